The summed E-state index contributed by atoms with van der Waals surface area (Å²) in [7, 11) is 1.89. The predicted molar refractivity (Wildman–Crippen MR) is 92.9 cm³/mol. The lowest BCUT2D eigenvalue weighted by molar-refractivity contribution is 0.368. The van der Waals surface area contributed by atoms with E-state index in [-0.39, 0.29) is 11.5 Å². The van der Waals surface area contributed by atoms with Crippen molar-refractivity contribution in [1.82, 2.24) is 24.9 Å². The molecule has 0 bridgehead atoms. The Bertz CT molecular complexity index is 858. The fraction of sp³-hybridized carbons (Fsp3) is 0.529. The molecular weight excluding hydrogens is 304 g/mol. The van der Waals surface area contributed by atoms with Crippen molar-refractivity contribution in [3.8, 4) is 0 Å². The summed E-state index contributed by atoms with van der Waals surface area (Å²) in [6.45, 7) is 10.4. The fourth-order valence-electron chi connectivity index (χ4n) is 2.44. The highest BCUT2D eigenvalue weighted by atomic mass is 16.5. The van der Waals surface area contributed by atoms with Crippen molar-refractivity contribution in [1.29, 1.82) is 0 Å². The molecule has 7 nitrogen and oxygen atoms in total. The first-order valence-corrected chi connectivity index (χ1v) is 8.22. The van der Waals surface area contributed by atoms with E-state index in [0.29, 0.717) is 0 Å². The molecule has 0 aliphatic carbocycles. The summed E-state index contributed by atoms with van der Waals surface area (Å²) in [6.07, 6.45) is 2.64. The number of aryl methyl sites for hydroxylation is 2. The minimum Gasteiger partial charge on any atom is -0.360 e. The lowest BCUT2D eigenvalue weighted by Gasteiger charge is -2.19. The van der Waals surface area contributed by atoms with Gasteiger partial charge in [-0.3, -0.25) is 4.68 Å². The molecule has 3 heterocycles. The normalized spacial score (nSPS) is 13.4. The van der Waals surface area contributed by atoms with E-state index in [9.17, 15) is 0 Å². The predicted octanol–water partition coefficient (Wildman–Crippen LogP) is 3.38. The molecule has 3 aromatic heterocycles. The Balaban J connectivity index is 2.01. The van der Waals surface area contributed by atoms with Gasteiger partial charge >= 0.3 is 0 Å². The number of nitrogens with zero attached hydrogens (tertiary/aromatic N) is 5. The van der Waals surface area contributed by atoms with Gasteiger partial charge in [-0.05, 0) is 13.3 Å². The molecule has 3 rings (SSSR count). The molecule has 3 aromatic rings. The summed E-state index contributed by atoms with van der Waals surface area (Å²) in [5.74, 6) is 2.33. The van der Waals surface area contributed by atoms with Crippen molar-refractivity contribution in [2.24, 2.45) is 7.05 Å². The van der Waals surface area contributed by atoms with Crippen LogP contribution >= 0.6 is 0 Å². The van der Waals surface area contributed by atoms with Gasteiger partial charge in [-0.1, -0.05) is 32.9 Å². The van der Waals surface area contributed by atoms with E-state index in [1.54, 1.807) is 10.9 Å². The third-order valence-corrected chi connectivity index (χ3v) is 3.98. The first kappa shape index (κ1) is 16.4. The highest BCUT2D eigenvalue weighted by Crippen LogP contribution is 2.28. The number of anilines is 1. The van der Waals surface area contributed by atoms with Crippen LogP contribution in [0.25, 0.3) is 11.0 Å². The Morgan fingerprint density at radius 3 is 2.67 bits per heavy atom. The van der Waals surface area contributed by atoms with Gasteiger partial charge in [0.1, 0.15) is 11.6 Å². The van der Waals surface area contributed by atoms with E-state index in [0.717, 1.165) is 40.6 Å². The molecule has 1 N–H and O–H groups in total. The zero-order valence-corrected chi connectivity index (χ0v) is 15.1. The smallest absolute Gasteiger partial charge is 0.163 e. The van der Waals surface area contributed by atoms with Crippen molar-refractivity contribution < 1.29 is 4.52 Å². The molecule has 0 saturated carbocycles. The standard InChI is InChI=1S/C17H24N6O/c1-7-11-8-13(24-22-11)10(2)19-14-12-9-18-23(6)15(12)21-16(20-14)17(3,4)5/h8-10H,7H2,1-6H3,(H,19,20,21). The monoisotopic (exact) mass is 328 g/mol. The minimum atomic E-state index is -0.153. The maximum absolute atomic E-state index is 5.43. The summed E-state index contributed by atoms with van der Waals surface area (Å²) in [5.41, 5.74) is 1.61. The van der Waals surface area contributed by atoms with Crippen LogP contribution in [0, 0.1) is 0 Å². The van der Waals surface area contributed by atoms with Crippen molar-refractivity contribution in [2.45, 2.75) is 52.5 Å². The van der Waals surface area contributed by atoms with Crippen LogP contribution in [0.5, 0.6) is 0 Å². The third kappa shape index (κ3) is 2.98. The lowest BCUT2D eigenvalue weighted by Crippen LogP contribution is -2.18. The van der Waals surface area contributed by atoms with E-state index in [2.05, 4.69) is 48.3 Å². The third-order valence-electron chi connectivity index (χ3n) is 3.98. The number of nitrogens with one attached hydrogen (secondary N) is 1. The summed E-state index contributed by atoms with van der Waals surface area (Å²) >= 11 is 0. The molecule has 7 heteroatoms. The SMILES string of the molecule is CCc1cc(C(C)Nc2nc(C(C)(C)C)nc3c2cnn3C)on1. The molecule has 0 spiro atoms. The largest absolute Gasteiger partial charge is 0.360 e. The van der Waals surface area contributed by atoms with Gasteiger partial charge in [-0.2, -0.15) is 5.10 Å². The van der Waals surface area contributed by atoms with Crippen LogP contribution in [-0.2, 0) is 18.9 Å². The quantitative estimate of drug-likeness (QED) is 0.790. The molecular formula is C17H24N6O. The van der Waals surface area contributed by atoms with Crippen molar-refractivity contribution in [3.05, 3.63) is 29.5 Å². The molecule has 24 heavy (non-hydrogen) atoms. The summed E-state index contributed by atoms with van der Waals surface area (Å²) < 4.78 is 7.20. The first-order valence-electron chi connectivity index (χ1n) is 8.22. The van der Waals surface area contributed by atoms with E-state index in [1.165, 1.54) is 0 Å². The summed E-state index contributed by atoms with van der Waals surface area (Å²) in [5, 5.41) is 12.7. The average Bonchev–Trinajstić information content (AvgIpc) is 3.14. The fourth-order valence-corrected chi connectivity index (χ4v) is 2.44. The summed E-state index contributed by atoms with van der Waals surface area (Å²) in [4.78, 5) is 9.42. The lowest BCUT2D eigenvalue weighted by atomic mass is 9.95. The molecule has 0 saturated heterocycles. The van der Waals surface area contributed by atoms with Crippen molar-refractivity contribution >= 4 is 16.9 Å². The van der Waals surface area contributed by atoms with E-state index >= 15 is 0 Å². The Hall–Kier alpha value is -2.44. The van der Waals surface area contributed by atoms with Gasteiger partial charge in [0.25, 0.3) is 0 Å². The zero-order valence-electron chi connectivity index (χ0n) is 15.1. The second-order valence-electron chi connectivity index (χ2n) is 7.09. The summed E-state index contributed by atoms with van der Waals surface area (Å²) in [6, 6.07) is 1.92. The van der Waals surface area contributed by atoms with Crippen LogP contribution in [0.3, 0.4) is 0 Å². The van der Waals surface area contributed by atoms with Gasteiger partial charge in [-0.25, -0.2) is 9.97 Å². The van der Waals surface area contributed by atoms with E-state index in [4.69, 9.17) is 9.51 Å². The van der Waals surface area contributed by atoms with Crippen LogP contribution in [0.15, 0.2) is 16.8 Å². The topological polar surface area (TPSA) is 81.7 Å². The van der Waals surface area contributed by atoms with Crippen LogP contribution in [0.2, 0.25) is 0 Å². The Labute approximate surface area is 141 Å². The van der Waals surface area contributed by atoms with Crippen LogP contribution in [0.4, 0.5) is 5.82 Å². The van der Waals surface area contributed by atoms with Gasteiger partial charge < -0.3 is 9.84 Å². The number of aromatic nitrogens is 5. The Morgan fingerprint density at radius 1 is 1.29 bits per heavy atom. The number of fused-ring (bicyclic) bond motifs is 1. The second-order valence-corrected chi connectivity index (χ2v) is 7.09. The molecule has 0 aliphatic heterocycles. The Kier molecular flexibility index (Phi) is 4.03. The molecule has 0 aromatic carbocycles. The zero-order chi connectivity index (χ0) is 17.5. The van der Waals surface area contributed by atoms with Crippen molar-refractivity contribution in [3.63, 3.8) is 0 Å². The highest BCUT2D eigenvalue weighted by molar-refractivity contribution is 5.86. The van der Waals surface area contributed by atoms with Gasteiger partial charge in [-0.15, -0.1) is 0 Å². The van der Waals surface area contributed by atoms with Gasteiger partial charge in [0, 0.05) is 18.5 Å². The molecule has 1 atom stereocenters. The molecule has 128 valence electrons. The minimum absolute atomic E-state index is 0.0519. The van der Waals surface area contributed by atoms with Crippen molar-refractivity contribution in [2.75, 3.05) is 5.32 Å². The molecule has 0 amide bonds. The molecule has 0 fully saturated rings. The number of hydrogen-bond acceptors (Lipinski definition) is 6. The molecule has 0 radical (unpaired) electrons. The van der Waals surface area contributed by atoms with Gasteiger partial charge in [0.15, 0.2) is 11.4 Å². The average molecular weight is 328 g/mol. The first-order chi connectivity index (χ1) is 11.3. The van der Waals surface area contributed by atoms with Gasteiger partial charge in [0.2, 0.25) is 0 Å². The second kappa shape index (κ2) is 5.89. The molecule has 1 unspecified atom stereocenters. The van der Waals surface area contributed by atoms with Crippen LogP contribution in [0.1, 0.15) is 57.9 Å². The maximum Gasteiger partial charge on any atom is 0.163 e. The van der Waals surface area contributed by atoms with E-state index < -0.39 is 0 Å². The van der Waals surface area contributed by atoms with E-state index in [1.807, 2.05) is 20.0 Å². The van der Waals surface area contributed by atoms with Crippen LogP contribution in [-0.4, -0.2) is 24.9 Å². The number of rotatable bonds is 4. The number of hydrogen-bond donors (Lipinski definition) is 1. The Morgan fingerprint density at radius 2 is 2.04 bits per heavy atom. The van der Waals surface area contributed by atoms with Crippen LogP contribution < -0.4 is 5.32 Å². The highest BCUT2D eigenvalue weighted by Gasteiger charge is 2.22. The maximum atomic E-state index is 5.43. The van der Waals surface area contributed by atoms with Gasteiger partial charge in [0.05, 0.1) is 23.3 Å². The molecule has 0 aliphatic rings.